The number of hydrogen-bond acceptors (Lipinski definition) is 3. The summed E-state index contributed by atoms with van der Waals surface area (Å²) in [4.78, 5) is 24.0. The summed E-state index contributed by atoms with van der Waals surface area (Å²) < 4.78 is 1.91. The molecule has 1 atom stereocenters. The number of aryl methyl sites for hydroxylation is 1. The van der Waals surface area contributed by atoms with Gasteiger partial charge < -0.3 is 9.47 Å². The Kier molecular flexibility index (Phi) is 4.75. The predicted octanol–water partition coefficient (Wildman–Crippen LogP) is 4.16. The number of rotatable bonds is 3. The third-order valence-corrected chi connectivity index (χ3v) is 5.31. The second-order valence-electron chi connectivity index (χ2n) is 7.23. The molecule has 0 saturated carbocycles. The zero-order valence-corrected chi connectivity index (χ0v) is 15.8. The molecule has 0 radical (unpaired) electrons. The second kappa shape index (κ2) is 7.35. The molecule has 3 aromatic rings. The first-order valence-corrected chi connectivity index (χ1v) is 9.48. The minimum atomic E-state index is 0.109. The lowest BCUT2D eigenvalue weighted by molar-refractivity contribution is 0.0626. The van der Waals surface area contributed by atoms with Crippen molar-refractivity contribution in [3.05, 3.63) is 60.7 Å². The normalized spacial score (nSPS) is 17.1. The van der Waals surface area contributed by atoms with Gasteiger partial charge in [0, 0.05) is 54.9 Å². The average Bonchev–Trinajstić information content (AvgIpc) is 3.10. The lowest BCUT2D eigenvalue weighted by Crippen LogP contribution is -2.42. The van der Waals surface area contributed by atoms with Gasteiger partial charge in [-0.2, -0.15) is 0 Å². The van der Waals surface area contributed by atoms with Crippen LogP contribution in [0.25, 0.3) is 22.5 Å². The first-order valence-electron chi connectivity index (χ1n) is 9.48. The van der Waals surface area contributed by atoms with Crippen molar-refractivity contribution >= 4 is 5.91 Å². The fraction of sp³-hybridized carbons (Fsp3) is 0.318. The Morgan fingerprint density at radius 1 is 1.04 bits per heavy atom. The quantitative estimate of drug-likeness (QED) is 0.704. The van der Waals surface area contributed by atoms with Crippen LogP contribution in [0.5, 0.6) is 0 Å². The van der Waals surface area contributed by atoms with Gasteiger partial charge in [-0.25, -0.2) is 9.97 Å². The highest BCUT2D eigenvalue weighted by Gasteiger charge is 2.26. The number of hydrogen-bond donors (Lipinski definition) is 0. The zero-order chi connectivity index (χ0) is 18.8. The molecule has 4 rings (SSSR count). The topological polar surface area (TPSA) is 51.0 Å². The lowest BCUT2D eigenvalue weighted by atomic mass is 10.0. The first kappa shape index (κ1) is 17.5. The molecule has 5 heteroatoms. The van der Waals surface area contributed by atoms with Gasteiger partial charge in [-0.15, -0.1) is 0 Å². The summed E-state index contributed by atoms with van der Waals surface area (Å²) >= 11 is 0. The number of likely N-dealkylation sites (tertiary alicyclic amines) is 1. The van der Waals surface area contributed by atoms with Gasteiger partial charge >= 0.3 is 0 Å². The van der Waals surface area contributed by atoms with Crippen molar-refractivity contribution in [1.82, 2.24) is 19.4 Å². The SMILES string of the molecule is C[C@@H]1CCCCN1C(=O)c1cc(-c2cnc(-c3ccccc3)nc2)cn1C. The van der Waals surface area contributed by atoms with Crippen LogP contribution in [-0.2, 0) is 7.05 Å². The van der Waals surface area contributed by atoms with Crippen LogP contribution in [0.4, 0.5) is 0 Å². The van der Waals surface area contributed by atoms with E-state index in [1.165, 1.54) is 6.42 Å². The molecule has 0 bridgehead atoms. The first-order chi connectivity index (χ1) is 13.1. The highest BCUT2D eigenvalue weighted by molar-refractivity contribution is 5.94. The third-order valence-electron chi connectivity index (χ3n) is 5.31. The number of carbonyl (C=O) groups is 1. The van der Waals surface area contributed by atoms with Crippen molar-refractivity contribution in [3.8, 4) is 22.5 Å². The zero-order valence-electron chi connectivity index (χ0n) is 15.8. The van der Waals surface area contributed by atoms with Crippen molar-refractivity contribution < 1.29 is 4.79 Å². The van der Waals surface area contributed by atoms with Crippen LogP contribution in [0.2, 0.25) is 0 Å². The van der Waals surface area contributed by atoms with Crippen molar-refractivity contribution in [2.75, 3.05) is 6.54 Å². The van der Waals surface area contributed by atoms with E-state index < -0.39 is 0 Å². The van der Waals surface area contributed by atoms with Crippen molar-refractivity contribution in [3.63, 3.8) is 0 Å². The van der Waals surface area contributed by atoms with Crippen LogP contribution >= 0.6 is 0 Å². The summed E-state index contributed by atoms with van der Waals surface area (Å²) in [6, 6.07) is 12.2. The van der Waals surface area contributed by atoms with Crippen LogP contribution in [0.15, 0.2) is 55.0 Å². The summed E-state index contributed by atoms with van der Waals surface area (Å²) in [5.41, 5.74) is 3.58. The van der Waals surface area contributed by atoms with E-state index in [1.807, 2.05) is 71.5 Å². The molecule has 1 aliphatic rings. The van der Waals surface area contributed by atoms with E-state index in [1.54, 1.807) is 0 Å². The maximum Gasteiger partial charge on any atom is 0.270 e. The van der Waals surface area contributed by atoms with Crippen molar-refractivity contribution in [2.24, 2.45) is 7.05 Å². The Labute approximate surface area is 159 Å². The molecule has 5 nitrogen and oxygen atoms in total. The Bertz CT molecular complexity index is 931. The summed E-state index contributed by atoms with van der Waals surface area (Å²) in [7, 11) is 1.92. The van der Waals surface area contributed by atoms with Gasteiger partial charge in [-0.05, 0) is 32.3 Å². The van der Waals surface area contributed by atoms with E-state index in [2.05, 4.69) is 16.9 Å². The monoisotopic (exact) mass is 360 g/mol. The molecular formula is C22H24N4O. The minimum Gasteiger partial charge on any atom is -0.346 e. The van der Waals surface area contributed by atoms with Crippen LogP contribution in [0.1, 0.15) is 36.7 Å². The third kappa shape index (κ3) is 3.50. The van der Waals surface area contributed by atoms with Gasteiger partial charge in [0.05, 0.1) is 0 Å². The summed E-state index contributed by atoms with van der Waals surface area (Å²) in [5.74, 6) is 0.812. The summed E-state index contributed by atoms with van der Waals surface area (Å²) in [5, 5.41) is 0. The number of piperidine rings is 1. The van der Waals surface area contributed by atoms with Gasteiger partial charge in [0.1, 0.15) is 5.69 Å². The number of carbonyl (C=O) groups excluding carboxylic acids is 1. The molecule has 0 spiro atoms. The molecule has 0 aliphatic carbocycles. The van der Waals surface area contributed by atoms with E-state index in [9.17, 15) is 4.79 Å². The fourth-order valence-corrected chi connectivity index (χ4v) is 3.70. The van der Waals surface area contributed by atoms with Crippen molar-refractivity contribution in [1.29, 1.82) is 0 Å². The Morgan fingerprint density at radius 3 is 2.48 bits per heavy atom. The van der Waals surface area contributed by atoms with Crippen LogP contribution in [-0.4, -0.2) is 37.9 Å². The van der Waals surface area contributed by atoms with Crippen LogP contribution in [0, 0.1) is 0 Å². The number of nitrogens with zero attached hydrogens (tertiary/aromatic N) is 4. The minimum absolute atomic E-state index is 0.109. The molecule has 1 amide bonds. The molecule has 0 unspecified atom stereocenters. The van der Waals surface area contributed by atoms with E-state index >= 15 is 0 Å². The number of aromatic nitrogens is 3. The molecular weight excluding hydrogens is 336 g/mol. The molecule has 3 heterocycles. The smallest absolute Gasteiger partial charge is 0.270 e. The maximum atomic E-state index is 13.0. The molecule has 1 fully saturated rings. The van der Waals surface area contributed by atoms with Crippen molar-refractivity contribution in [2.45, 2.75) is 32.2 Å². The average molecular weight is 360 g/mol. The van der Waals surface area contributed by atoms with E-state index in [0.29, 0.717) is 17.6 Å². The molecule has 1 aromatic carbocycles. The Balaban J connectivity index is 1.58. The van der Waals surface area contributed by atoms with Gasteiger partial charge in [0.25, 0.3) is 5.91 Å². The molecule has 1 aliphatic heterocycles. The van der Waals surface area contributed by atoms with Crippen LogP contribution in [0.3, 0.4) is 0 Å². The highest BCUT2D eigenvalue weighted by atomic mass is 16.2. The van der Waals surface area contributed by atoms with Gasteiger partial charge in [-0.3, -0.25) is 4.79 Å². The summed E-state index contributed by atoms with van der Waals surface area (Å²) in [6.07, 6.45) is 8.99. The van der Waals surface area contributed by atoms with E-state index in [0.717, 1.165) is 36.1 Å². The Hall–Kier alpha value is -2.95. The highest BCUT2D eigenvalue weighted by Crippen LogP contribution is 2.25. The molecule has 27 heavy (non-hydrogen) atoms. The van der Waals surface area contributed by atoms with Gasteiger partial charge in [0.2, 0.25) is 0 Å². The molecule has 0 N–H and O–H groups in total. The fourth-order valence-electron chi connectivity index (χ4n) is 3.70. The number of amides is 1. The van der Waals surface area contributed by atoms with E-state index in [4.69, 9.17) is 0 Å². The molecule has 138 valence electrons. The lowest BCUT2D eigenvalue weighted by Gasteiger charge is -2.33. The maximum absolute atomic E-state index is 13.0. The molecule has 2 aromatic heterocycles. The van der Waals surface area contributed by atoms with Gasteiger partial charge in [0.15, 0.2) is 5.82 Å². The summed E-state index contributed by atoms with van der Waals surface area (Å²) in [6.45, 7) is 2.98. The second-order valence-corrected chi connectivity index (χ2v) is 7.23. The Morgan fingerprint density at radius 2 is 1.78 bits per heavy atom. The largest absolute Gasteiger partial charge is 0.346 e. The van der Waals surface area contributed by atoms with Crippen LogP contribution < -0.4 is 0 Å². The van der Waals surface area contributed by atoms with Gasteiger partial charge in [-0.1, -0.05) is 30.3 Å². The van der Waals surface area contributed by atoms with E-state index in [-0.39, 0.29) is 5.91 Å². The number of benzene rings is 1. The molecule has 1 saturated heterocycles. The standard InChI is InChI=1S/C22H24N4O/c1-16-8-6-7-11-26(16)22(27)20-12-18(15-25(20)2)19-13-23-21(24-14-19)17-9-4-3-5-10-17/h3-5,9-10,12-16H,6-8,11H2,1-2H3/t16-/m1/s1. The predicted molar refractivity (Wildman–Crippen MR) is 106 cm³/mol.